The largest absolute Gasteiger partial charge is 0.491 e. The Hall–Kier alpha value is -4.17. The summed E-state index contributed by atoms with van der Waals surface area (Å²) in [6, 6.07) is 22.7. The van der Waals surface area contributed by atoms with Crippen molar-refractivity contribution in [3.63, 3.8) is 0 Å². The number of thiocarbonyl (C=S) groups is 1. The van der Waals surface area contributed by atoms with Crippen molar-refractivity contribution in [3.05, 3.63) is 107 Å². The molecule has 1 aliphatic heterocycles. The van der Waals surface area contributed by atoms with E-state index in [-0.39, 0.29) is 23.8 Å². The molecule has 3 heterocycles. The number of carboxylic acid groups (broad SMARTS) is 1. The highest BCUT2D eigenvalue weighted by molar-refractivity contribution is 7.80. The first-order chi connectivity index (χ1) is 18.2. The fourth-order valence-corrected chi connectivity index (χ4v) is 5.49. The number of ether oxygens (including phenoxy) is 1. The van der Waals surface area contributed by atoms with Crippen LogP contribution < -0.4 is 15.0 Å². The lowest BCUT2D eigenvalue weighted by Gasteiger charge is -2.28. The summed E-state index contributed by atoms with van der Waals surface area (Å²) >= 11 is 5.89. The van der Waals surface area contributed by atoms with Crippen LogP contribution >= 0.6 is 12.2 Å². The van der Waals surface area contributed by atoms with E-state index in [1.54, 1.807) is 18.3 Å². The number of aryl methyl sites for hydroxylation is 1. The van der Waals surface area contributed by atoms with Gasteiger partial charge >= 0.3 is 5.97 Å². The van der Waals surface area contributed by atoms with Gasteiger partial charge in [-0.25, -0.2) is 4.79 Å². The first-order valence-electron chi connectivity index (χ1n) is 12.5. The van der Waals surface area contributed by atoms with E-state index >= 15 is 0 Å². The van der Waals surface area contributed by atoms with E-state index in [0.29, 0.717) is 5.11 Å². The minimum atomic E-state index is -0.942. The second kappa shape index (κ2) is 10.3. The molecule has 1 fully saturated rings. The number of hydrogen-bond acceptors (Lipinski definition) is 4. The van der Waals surface area contributed by atoms with Crippen molar-refractivity contribution in [1.29, 1.82) is 0 Å². The molecule has 4 aromatic rings. The smallest absolute Gasteiger partial charge is 0.335 e. The number of anilines is 1. The normalized spacial score (nSPS) is 17.1. The molecular weight excluding hydrogens is 496 g/mol. The lowest BCUT2D eigenvalue weighted by molar-refractivity contribution is 0.0697. The average molecular weight is 527 g/mol. The van der Waals surface area contributed by atoms with E-state index in [2.05, 4.69) is 39.7 Å². The van der Waals surface area contributed by atoms with Crippen molar-refractivity contribution < 1.29 is 14.6 Å². The molecular formula is C30H30N4O3S. The van der Waals surface area contributed by atoms with Gasteiger partial charge in [0.15, 0.2) is 5.11 Å². The van der Waals surface area contributed by atoms with Crippen LogP contribution in [0.15, 0.2) is 79.0 Å². The maximum atomic E-state index is 11.4. The number of rotatable bonds is 7. The lowest BCUT2D eigenvalue weighted by Crippen LogP contribution is -2.29. The number of aromatic carboxylic acids is 1. The van der Waals surface area contributed by atoms with Crippen LogP contribution in [0.1, 0.15) is 58.9 Å². The fraction of sp³-hybridized carbons (Fsp3) is 0.233. The van der Waals surface area contributed by atoms with Gasteiger partial charge in [0.25, 0.3) is 0 Å². The van der Waals surface area contributed by atoms with Crippen molar-refractivity contribution in [3.8, 4) is 11.4 Å². The zero-order valence-electron chi connectivity index (χ0n) is 21.8. The Labute approximate surface area is 227 Å². The van der Waals surface area contributed by atoms with Crippen LogP contribution in [0.25, 0.3) is 5.69 Å². The number of benzene rings is 2. The van der Waals surface area contributed by atoms with E-state index < -0.39 is 5.97 Å². The quantitative estimate of drug-likeness (QED) is 0.280. The molecule has 0 aliphatic carbocycles. The molecule has 8 heteroatoms. The molecule has 1 aliphatic rings. The van der Waals surface area contributed by atoms with E-state index in [4.69, 9.17) is 17.0 Å². The average Bonchev–Trinajstić information content (AvgIpc) is 3.39. The summed E-state index contributed by atoms with van der Waals surface area (Å²) < 4.78 is 8.00. The predicted molar refractivity (Wildman–Crippen MR) is 152 cm³/mol. The van der Waals surface area contributed by atoms with Gasteiger partial charge in [-0.05, 0) is 112 Å². The molecule has 2 N–H and O–H groups in total. The Balaban J connectivity index is 1.61. The maximum Gasteiger partial charge on any atom is 0.335 e. The van der Waals surface area contributed by atoms with Gasteiger partial charge in [0.1, 0.15) is 5.75 Å². The summed E-state index contributed by atoms with van der Waals surface area (Å²) in [5.41, 5.74) is 6.21. The molecule has 0 amide bonds. The van der Waals surface area contributed by atoms with Gasteiger partial charge in [0, 0.05) is 29.0 Å². The highest BCUT2D eigenvalue weighted by Gasteiger charge is 2.42. The molecule has 2 atom stereocenters. The lowest BCUT2D eigenvalue weighted by atomic mass is 9.96. The summed E-state index contributed by atoms with van der Waals surface area (Å²) in [7, 11) is 0. The Morgan fingerprint density at radius 3 is 2.32 bits per heavy atom. The van der Waals surface area contributed by atoms with Gasteiger partial charge in [0.05, 0.1) is 29.4 Å². The molecule has 5 rings (SSSR count). The van der Waals surface area contributed by atoms with Crippen molar-refractivity contribution >= 4 is 29.0 Å². The van der Waals surface area contributed by atoms with E-state index in [1.165, 1.54) is 0 Å². The van der Waals surface area contributed by atoms with Crippen molar-refractivity contribution in [1.82, 2.24) is 14.9 Å². The molecule has 38 heavy (non-hydrogen) atoms. The number of carboxylic acids is 1. The molecule has 0 bridgehead atoms. The van der Waals surface area contributed by atoms with Crippen LogP contribution in [0.5, 0.6) is 5.75 Å². The van der Waals surface area contributed by atoms with E-state index in [1.807, 2.05) is 68.4 Å². The predicted octanol–water partition coefficient (Wildman–Crippen LogP) is 6.15. The molecule has 2 aromatic heterocycles. The minimum absolute atomic E-state index is 0.0895. The van der Waals surface area contributed by atoms with Gasteiger partial charge in [-0.15, -0.1) is 0 Å². The molecule has 194 valence electrons. The van der Waals surface area contributed by atoms with Gasteiger partial charge < -0.3 is 24.6 Å². The minimum Gasteiger partial charge on any atom is -0.491 e. The maximum absolute atomic E-state index is 11.4. The molecule has 0 radical (unpaired) electrons. The Bertz CT molecular complexity index is 1460. The molecule has 0 saturated carbocycles. The standard InChI is InChI=1S/C30H30N4O3S/c1-18(2)37-24-14-12-23(13-15-24)34-28(27(32-30(34)38)26-7-5-6-16-31-26)25-17-19(3)33(20(25)4)22-10-8-21(9-11-22)29(35)36/h5-18,27-28H,1-4H3,(H,32,38)(H,35,36)/t27-,28-/m1/s1. The summed E-state index contributed by atoms with van der Waals surface area (Å²) in [5.74, 6) is -0.134. The summed E-state index contributed by atoms with van der Waals surface area (Å²) in [6.45, 7) is 8.15. The second-order valence-corrected chi connectivity index (χ2v) is 10.1. The molecule has 2 aromatic carbocycles. The van der Waals surface area contributed by atoms with Gasteiger partial charge in [-0.3, -0.25) is 4.98 Å². The number of hydrogen-bond donors (Lipinski definition) is 2. The third-order valence-electron chi connectivity index (χ3n) is 6.75. The number of pyridine rings is 1. The van der Waals surface area contributed by atoms with Crippen LogP contribution in [0.4, 0.5) is 5.69 Å². The van der Waals surface area contributed by atoms with Crippen molar-refractivity contribution in [2.24, 2.45) is 0 Å². The van der Waals surface area contributed by atoms with Crippen LogP contribution in [0, 0.1) is 13.8 Å². The molecule has 1 saturated heterocycles. The number of aromatic nitrogens is 2. The zero-order chi connectivity index (χ0) is 27.0. The molecule has 7 nitrogen and oxygen atoms in total. The number of nitrogens with one attached hydrogen (secondary N) is 1. The first-order valence-corrected chi connectivity index (χ1v) is 13.0. The molecule has 0 spiro atoms. The van der Waals surface area contributed by atoms with Crippen LogP contribution in [-0.4, -0.2) is 31.8 Å². The SMILES string of the molecule is Cc1cc([C@@H]2[C@@H](c3ccccn3)NC(=S)N2c2ccc(OC(C)C)cc2)c(C)n1-c1ccc(C(=O)O)cc1. The fourth-order valence-electron chi connectivity index (χ4n) is 5.14. The van der Waals surface area contributed by atoms with Gasteiger partial charge in [0.2, 0.25) is 0 Å². The first kappa shape index (κ1) is 25.5. The third-order valence-corrected chi connectivity index (χ3v) is 7.06. The number of carbonyl (C=O) groups is 1. The highest BCUT2D eigenvalue weighted by Crippen LogP contribution is 2.44. The Morgan fingerprint density at radius 1 is 1.03 bits per heavy atom. The zero-order valence-corrected chi connectivity index (χ0v) is 22.6. The van der Waals surface area contributed by atoms with Gasteiger partial charge in [-0.2, -0.15) is 0 Å². The van der Waals surface area contributed by atoms with E-state index in [0.717, 1.165) is 39.8 Å². The second-order valence-electron chi connectivity index (χ2n) is 9.67. The van der Waals surface area contributed by atoms with Crippen molar-refractivity contribution in [2.75, 3.05) is 4.90 Å². The highest BCUT2D eigenvalue weighted by atomic mass is 32.1. The summed E-state index contributed by atoms with van der Waals surface area (Å²) in [4.78, 5) is 18.2. The summed E-state index contributed by atoms with van der Waals surface area (Å²) in [5, 5.41) is 13.5. The third kappa shape index (κ3) is 4.75. The molecule has 0 unspecified atom stereocenters. The summed E-state index contributed by atoms with van der Waals surface area (Å²) in [6.07, 6.45) is 1.89. The van der Waals surface area contributed by atoms with Crippen LogP contribution in [-0.2, 0) is 0 Å². The topological polar surface area (TPSA) is 79.6 Å². The van der Waals surface area contributed by atoms with Gasteiger partial charge in [-0.1, -0.05) is 6.07 Å². The monoisotopic (exact) mass is 526 g/mol. The van der Waals surface area contributed by atoms with Crippen LogP contribution in [0.2, 0.25) is 0 Å². The Morgan fingerprint density at radius 2 is 1.71 bits per heavy atom. The number of nitrogens with zero attached hydrogens (tertiary/aromatic N) is 3. The van der Waals surface area contributed by atoms with Crippen LogP contribution in [0.3, 0.4) is 0 Å². The van der Waals surface area contributed by atoms with E-state index in [9.17, 15) is 9.90 Å². The van der Waals surface area contributed by atoms with Crippen molar-refractivity contribution in [2.45, 2.75) is 45.9 Å². The Kier molecular flexibility index (Phi) is 6.91.